The van der Waals surface area contributed by atoms with Crippen LogP contribution in [0.4, 0.5) is 4.39 Å². The Labute approximate surface area is 154 Å². The van der Waals surface area contributed by atoms with Gasteiger partial charge in [-0.15, -0.1) is 0 Å². The second-order valence-corrected chi connectivity index (χ2v) is 7.40. The highest BCUT2D eigenvalue weighted by molar-refractivity contribution is 5.80. The summed E-state index contributed by atoms with van der Waals surface area (Å²) in [7, 11) is 0. The van der Waals surface area contributed by atoms with Crippen molar-refractivity contribution < 1.29 is 14.0 Å². The van der Waals surface area contributed by atoms with Crippen molar-refractivity contribution in [2.75, 3.05) is 26.2 Å². The zero-order valence-corrected chi connectivity index (χ0v) is 15.2. The van der Waals surface area contributed by atoms with E-state index in [0.29, 0.717) is 44.8 Å². The molecule has 1 unspecified atom stereocenters. The van der Waals surface area contributed by atoms with Crippen LogP contribution in [0.5, 0.6) is 0 Å². The maximum Gasteiger partial charge on any atom is 0.223 e. The lowest BCUT2D eigenvalue weighted by molar-refractivity contribution is -0.135. The molecule has 2 amide bonds. The summed E-state index contributed by atoms with van der Waals surface area (Å²) in [6.07, 6.45) is 4.18. The van der Waals surface area contributed by atoms with Crippen molar-refractivity contribution in [1.82, 2.24) is 15.5 Å². The number of piperidine rings is 1. The fourth-order valence-corrected chi connectivity index (χ4v) is 3.77. The Morgan fingerprint density at radius 3 is 2.54 bits per heavy atom. The molecule has 0 radical (unpaired) electrons. The minimum absolute atomic E-state index is 0.0263. The maximum atomic E-state index is 12.9. The van der Waals surface area contributed by atoms with Crippen LogP contribution in [0.25, 0.3) is 0 Å². The molecule has 0 bridgehead atoms. The van der Waals surface area contributed by atoms with Gasteiger partial charge < -0.3 is 15.5 Å². The van der Waals surface area contributed by atoms with Crippen molar-refractivity contribution >= 4 is 11.8 Å². The standard InChI is InChI=1S/C20H28FN3O2/c21-18-4-1-15(2-5-18)14-23-20(26)17-8-11-24(12-9-17)19(25)6-3-16-7-10-22-13-16/h1-2,4-5,16-17,22H,3,6-14H2,(H,23,26). The molecule has 0 aliphatic carbocycles. The molecular formula is C20H28FN3O2. The van der Waals surface area contributed by atoms with Gasteiger partial charge in [0.05, 0.1) is 0 Å². The molecule has 0 spiro atoms. The largest absolute Gasteiger partial charge is 0.352 e. The van der Waals surface area contributed by atoms with Crippen molar-refractivity contribution in [3.63, 3.8) is 0 Å². The molecular weight excluding hydrogens is 333 g/mol. The van der Waals surface area contributed by atoms with Crippen LogP contribution in [0.1, 0.15) is 37.7 Å². The van der Waals surface area contributed by atoms with Gasteiger partial charge in [0.25, 0.3) is 0 Å². The van der Waals surface area contributed by atoms with Crippen LogP contribution in [-0.2, 0) is 16.1 Å². The van der Waals surface area contributed by atoms with Crippen molar-refractivity contribution in [2.24, 2.45) is 11.8 Å². The van der Waals surface area contributed by atoms with Crippen LogP contribution < -0.4 is 10.6 Å². The van der Waals surface area contributed by atoms with Crippen LogP contribution in [0.2, 0.25) is 0 Å². The lowest BCUT2D eigenvalue weighted by Gasteiger charge is -2.31. The quantitative estimate of drug-likeness (QED) is 0.815. The number of carbonyl (C=O) groups excluding carboxylic acids is 2. The fraction of sp³-hybridized carbons (Fsp3) is 0.600. The highest BCUT2D eigenvalue weighted by Crippen LogP contribution is 2.20. The third-order valence-electron chi connectivity index (χ3n) is 5.53. The second kappa shape index (κ2) is 9.12. The molecule has 6 heteroatoms. The number of rotatable bonds is 6. The van der Waals surface area contributed by atoms with E-state index in [-0.39, 0.29) is 23.5 Å². The van der Waals surface area contributed by atoms with Gasteiger partial charge in [0.2, 0.25) is 11.8 Å². The summed E-state index contributed by atoms with van der Waals surface area (Å²) in [4.78, 5) is 26.6. The molecule has 1 aromatic carbocycles. The Morgan fingerprint density at radius 1 is 1.15 bits per heavy atom. The zero-order valence-electron chi connectivity index (χ0n) is 15.2. The lowest BCUT2D eigenvalue weighted by Crippen LogP contribution is -2.43. The molecule has 0 aromatic heterocycles. The van der Waals surface area contributed by atoms with E-state index in [0.717, 1.165) is 25.1 Å². The van der Waals surface area contributed by atoms with Crippen molar-refractivity contribution in [1.29, 1.82) is 0 Å². The van der Waals surface area contributed by atoms with Gasteiger partial charge in [0.1, 0.15) is 5.82 Å². The number of carbonyl (C=O) groups is 2. The summed E-state index contributed by atoms with van der Waals surface area (Å²) in [6.45, 7) is 3.83. The molecule has 3 rings (SSSR count). The normalized spacial score (nSPS) is 21.0. The van der Waals surface area contributed by atoms with Gasteiger partial charge in [0, 0.05) is 32.0 Å². The fourth-order valence-electron chi connectivity index (χ4n) is 3.77. The number of likely N-dealkylation sites (tertiary alicyclic amines) is 1. The molecule has 1 atom stereocenters. The number of benzene rings is 1. The van der Waals surface area contributed by atoms with Crippen molar-refractivity contribution in [2.45, 2.75) is 38.6 Å². The van der Waals surface area contributed by atoms with E-state index in [1.807, 2.05) is 4.90 Å². The minimum atomic E-state index is -0.277. The maximum absolute atomic E-state index is 12.9. The number of nitrogens with one attached hydrogen (secondary N) is 2. The summed E-state index contributed by atoms with van der Waals surface area (Å²) in [6, 6.07) is 6.15. The van der Waals surface area contributed by atoms with Crippen LogP contribution >= 0.6 is 0 Å². The van der Waals surface area contributed by atoms with Gasteiger partial charge in [0.15, 0.2) is 0 Å². The number of amides is 2. The number of halogens is 1. The van der Waals surface area contributed by atoms with Gasteiger partial charge in [-0.05, 0) is 62.4 Å². The molecule has 1 aromatic rings. The van der Waals surface area contributed by atoms with E-state index in [1.165, 1.54) is 18.6 Å². The number of hydrogen-bond donors (Lipinski definition) is 2. The molecule has 2 N–H and O–H groups in total. The molecule has 0 saturated carbocycles. The molecule has 2 saturated heterocycles. The van der Waals surface area contributed by atoms with Gasteiger partial charge in [-0.3, -0.25) is 9.59 Å². The smallest absolute Gasteiger partial charge is 0.223 e. The highest BCUT2D eigenvalue weighted by Gasteiger charge is 2.27. The average molecular weight is 361 g/mol. The number of nitrogens with zero attached hydrogens (tertiary/aromatic N) is 1. The van der Waals surface area contributed by atoms with Gasteiger partial charge >= 0.3 is 0 Å². The van der Waals surface area contributed by atoms with Crippen molar-refractivity contribution in [3.05, 3.63) is 35.6 Å². The Morgan fingerprint density at radius 2 is 1.88 bits per heavy atom. The van der Waals surface area contributed by atoms with Crippen LogP contribution in [-0.4, -0.2) is 42.9 Å². The minimum Gasteiger partial charge on any atom is -0.352 e. The molecule has 142 valence electrons. The Hall–Kier alpha value is -1.95. The second-order valence-electron chi connectivity index (χ2n) is 7.40. The third-order valence-corrected chi connectivity index (χ3v) is 5.53. The summed E-state index contributed by atoms with van der Waals surface area (Å²) < 4.78 is 12.9. The van der Waals surface area contributed by atoms with E-state index in [4.69, 9.17) is 0 Å². The zero-order chi connectivity index (χ0) is 18.4. The third kappa shape index (κ3) is 5.27. The number of hydrogen-bond acceptors (Lipinski definition) is 3. The summed E-state index contributed by atoms with van der Waals surface area (Å²) in [5.74, 6) is 0.564. The van der Waals surface area contributed by atoms with E-state index < -0.39 is 0 Å². The average Bonchev–Trinajstić information content (AvgIpc) is 3.19. The Balaban J connectivity index is 1.36. The SMILES string of the molecule is O=C(NCc1ccc(F)cc1)C1CCN(C(=O)CCC2CCNC2)CC1. The highest BCUT2D eigenvalue weighted by atomic mass is 19.1. The first-order valence-corrected chi connectivity index (χ1v) is 9.62. The first-order chi connectivity index (χ1) is 12.6. The van der Waals surface area contributed by atoms with Gasteiger partial charge in [-0.2, -0.15) is 0 Å². The van der Waals surface area contributed by atoms with Gasteiger partial charge in [-0.25, -0.2) is 4.39 Å². The molecule has 26 heavy (non-hydrogen) atoms. The molecule has 2 fully saturated rings. The summed E-state index contributed by atoms with van der Waals surface area (Å²) >= 11 is 0. The lowest BCUT2D eigenvalue weighted by atomic mass is 9.95. The van der Waals surface area contributed by atoms with Crippen molar-refractivity contribution in [3.8, 4) is 0 Å². The molecule has 5 nitrogen and oxygen atoms in total. The van der Waals surface area contributed by atoms with E-state index in [1.54, 1.807) is 12.1 Å². The molecule has 2 heterocycles. The van der Waals surface area contributed by atoms with Crippen LogP contribution in [0.3, 0.4) is 0 Å². The Bertz CT molecular complexity index is 606. The summed E-state index contributed by atoms with van der Waals surface area (Å²) in [5, 5.41) is 6.26. The van der Waals surface area contributed by atoms with Crippen LogP contribution in [0.15, 0.2) is 24.3 Å². The van der Waals surface area contributed by atoms with E-state index in [2.05, 4.69) is 10.6 Å². The molecule has 2 aliphatic heterocycles. The van der Waals surface area contributed by atoms with Gasteiger partial charge in [-0.1, -0.05) is 12.1 Å². The molecule has 2 aliphatic rings. The van der Waals surface area contributed by atoms with E-state index >= 15 is 0 Å². The monoisotopic (exact) mass is 361 g/mol. The Kier molecular flexibility index (Phi) is 6.61. The summed E-state index contributed by atoms with van der Waals surface area (Å²) in [5.41, 5.74) is 0.883. The first-order valence-electron chi connectivity index (χ1n) is 9.62. The first kappa shape index (κ1) is 18.8. The van der Waals surface area contributed by atoms with Crippen LogP contribution in [0, 0.1) is 17.7 Å². The predicted octanol–water partition coefficient (Wildman–Crippen LogP) is 2.07. The van der Waals surface area contributed by atoms with E-state index in [9.17, 15) is 14.0 Å². The topological polar surface area (TPSA) is 61.4 Å². The predicted molar refractivity (Wildman–Crippen MR) is 97.8 cm³/mol.